The summed E-state index contributed by atoms with van der Waals surface area (Å²) >= 11 is 5.77. The van der Waals surface area contributed by atoms with Gasteiger partial charge in [-0.2, -0.15) is 5.10 Å². The van der Waals surface area contributed by atoms with Gasteiger partial charge in [-0.3, -0.25) is 4.79 Å². The molecule has 136 valence electrons. The number of hydrazone groups is 1. The zero-order valence-corrected chi connectivity index (χ0v) is 14.7. The molecule has 0 aliphatic rings. The molecule has 0 atom stereocenters. The highest BCUT2D eigenvalue weighted by Crippen LogP contribution is 2.15. The Morgan fingerprint density at radius 2 is 1.81 bits per heavy atom. The lowest BCUT2D eigenvalue weighted by molar-refractivity contribution is -0.142. The fourth-order valence-corrected chi connectivity index (χ4v) is 1.90. The van der Waals surface area contributed by atoms with Crippen molar-refractivity contribution in [3.05, 3.63) is 59.1 Å². The molecule has 1 N–H and O–H groups in total. The van der Waals surface area contributed by atoms with E-state index in [1.807, 2.05) is 0 Å². The van der Waals surface area contributed by atoms with Crippen molar-refractivity contribution in [3.63, 3.8) is 0 Å². The van der Waals surface area contributed by atoms with Gasteiger partial charge in [0, 0.05) is 5.02 Å². The Morgan fingerprint density at radius 3 is 2.54 bits per heavy atom. The molecule has 2 aromatic rings. The molecule has 0 bridgehead atoms. The number of benzene rings is 2. The maximum atomic E-state index is 11.7. The summed E-state index contributed by atoms with van der Waals surface area (Å²) in [6, 6.07) is 13.5. The molecular weight excluding hydrogens is 360 g/mol. The highest BCUT2D eigenvalue weighted by Gasteiger charge is 2.03. The number of carbonyl (C=O) groups is 2. The van der Waals surface area contributed by atoms with E-state index in [0.717, 1.165) is 0 Å². The molecule has 0 spiro atoms. The van der Waals surface area contributed by atoms with Gasteiger partial charge in [-0.25, -0.2) is 10.2 Å². The van der Waals surface area contributed by atoms with E-state index in [1.165, 1.54) is 13.3 Å². The van der Waals surface area contributed by atoms with Gasteiger partial charge < -0.3 is 14.2 Å². The van der Waals surface area contributed by atoms with Gasteiger partial charge in [0.05, 0.1) is 13.3 Å². The van der Waals surface area contributed by atoms with E-state index in [2.05, 4.69) is 15.3 Å². The molecule has 1 amide bonds. The molecule has 7 nitrogen and oxygen atoms in total. The van der Waals surface area contributed by atoms with Crippen molar-refractivity contribution in [1.82, 2.24) is 5.43 Å². The van der Waals surface area contributed by atoms with Crippen LogP contribution < -0.4 is 14.9 Å². The van der Waals surface area contributed by atoms with Gasteiger partial charge in [0.2, 0.25) is 0 Å². The first-order valence-corrected chi connectivity index (χ1v) is 7.94. The number of amides is 1. The van der Waals surface area contributed by atoms with Gasteiger partial charge in [-0.05, 0) is 42.0 Å². The topological polar surface area (TPSA) is 86.2 Å². The van der Waals surface area contributed by atoms with Crippen LogP contribution >= 0.6 is 11.6 Å². The van der Waals surface area contributed by atoms with Gasteiger partial charge in [-0.15, -0.1) is 0 Å². The fourth-order valence-electron chi connectivity index (χ4n) is 1.78. The van der Waals surface area contributed by atoms with E-state index in [9.17, 15) is 9.59 Å². The summed E-state index contributed by atoms with van der Waals surface area (Å²) in [7, 11) is 1.29. The molecule has 0 heterocycles. The second-order valence-electron chi connectivity index (χ2n) is 4.97. The molecule has 0 fully saturated rings. The third-order valence-corrected chi connectivity index (χ3v) is 3.28. The number of carbonyl (C=O) groups excluding carboxylic acids is 2. The lowest BCUT2D eigenvalue weighted by Gasteiger charge is -2.05. The number of methoxy groups -OCH3 is 1. The van der Waals surface area contributed by atoms with Gasteiger partial charge >= 0.3 is 5.97 Å². The molecule has 0 saturated heterocycles. The monoisotopic (exact) mass is 376 g/mol. The van der Waals surface area contributed by atoms with Crippen LogP contribution in [0.25, 0.3) is 0 Å². The van der Waals surface area contributed by atoms with Crippen molar-refractivity contribution in [3.8, 4) is 11.5 Å². The first-order chi connectivity index (χ1) is 12.6. The predicted octanol–water partition coefficient (Wildman–Crippen LogP) is 2.42. The van der Waals surface area contributed by atoms with Crippen LogP contribution in [0.2, 0.25) is 5.02 Å². The molecule has 0 aliphatic carbocycles. The summed E-state index contributed by atoms with van der Waals surface area (Å²) < 4.78 is 15.1. The second-order valence-corrected chi connectivity index (χ2v) is 5.41. The number of hydrogen-bond donors (Lipinski definition) is 1. The molecular formula is C18H17ClN2O5. The van der Waals surface area contributed by atoms with Crippen LogP contribution in [0.5, 0.6) is 11.5 Å². The van der Waals surface area contributed by atoms with Gasteiger partial charge in [-0.1, -0.05) is 23.7 Å². The molecule has 2 rings (SSSR count). The highest BCUT2D eigenvalue weighted by molar-refractivity contribution is 6.30. The Bertz CT molecular complexity index is 777. The number of rotatable bonds is 8. The number of ether oxygens (including phenoxy) is 3. The van der Waals surface area contributed by atoms with Crippen molar-refractivity contribution >= 4 is 29.7 Å². The summed E-state index contributed by atoms with van der Waals surface area (Å²) in [5.41, 5.74) is 3.04. The number of esters is 1. The Morgan fingerprint density at radius 1 is 1.08 bits per heavy atom. The zero-order chi connectivity index (χ0) is 18.8. The Balaban J connectivity index is 1.79. The molecule has 0 unspecified atom stereocenters. The lowest BCUT2D eigenvalue weighted by atomic mass is 10.2. The molecule has 0 aliphatic heterocycles. The van der Waals surface area contributed by atoms with E-state index in [4.69, 9.17) is 21.1 Å². The van der Waals surface area contributed by atoms with E-state index in [0.29, 0.717) is 22.1 Å². The number of hydrogen-bond acceptors (Lipinski definition) is 6. The second kappa shape index (κ2) is 10.0. The molecule has 0 saturated carbocycles. The SMILES string of the molecule is COC(=O)COc1cccc(/C=N\NC(=O)COc2ccc(Cl)cc2)c1. The van der Waals surface area contributed by atoms with E-state index in [1.54, 1.807) is 48.5 Å². The lowest BCUT2D eigenvalue weighted by Crippen LogP contribution is -2.24. The minimum absolute atomic E-state index is 0.179. The average Bonchev–Trinajstić information content (AvgIpc) is 2.66. The molecule has 26 heavy (non-hydrogen) atoms. The standard InChI is InChI=1S/C18H17ClN2O5/c1-24-18(23)12-26-16-4-2-3-13(9-16)10-20-21-17(22)11-25-15-7-5-14(19)6-8-15/h2-10H,11-12H2,1H3,(H,21,22)/b20-10-. The maximum absolute atomic E-state index is 11.7. The summed E-state index contributed by atoms with van der Waals surface area (Å²) in [5.74, 6) is 0.132. The van der Waals surface area contributed by atoms with Crippen molar-refractivity contribution in [1.29, 1.82) is 0 Å². The largest absolute Gasteiger partial charge is 0.484 e. The highest BCUT2D eigenvalue weighted by atomic mass is 35.5. The first-order valence-electron chi connectivity index (χ1n) is 7.57. The van der Waals surface area contributed by atoms with Crippen LogP contribution in [-0.2, 0) is 14.3 Å². The van der Waals surface area contributed by atoms with Crippen LogP contribution in [0.1, 0.15) is 5.56 Å². The smallest absolute Gasteiger partial charge is 0.343 e. The fraction of sp³-hybridized carbons (Fsp3) is 0.167. The Hall–Kier alpha value is -3.06. The van der Waals surface area contributed by atoms with Crippen LogP contribution in [0.15, 0.2) is 53.6 Å². The predicted molar refractivity (Wildman–Crippen MR) is 96.6 cm³/mol. The van der Waals surface area contributed by atoms with Crippen LogP contribution in [0.3, 0.4) is 0 Å². The Labute approximate surface area is 155 Å². The third kappa shape index (κ3) is 6.82. The quantitative estimate of drug-likeness (QED) is 0.434. The van der Waals surface area contributed by atoms with Gasteiger partial charge in [0.1, 0.15) is 11.5 Å². The van der Waals surface area contributed by atoms with Crippen LogP contribution in [0.4, 0.5) is 0 Å². The molecule has 2 aromatic carbocycles. The van der Waals surface area contributed by atoms with Crippen LogP contribution in [-0.4, -0.2) is 38.4 Å². The average molecular weight is 377 g/mol. The summed E-state index contributed by atoms with van der Waals surface area (Å²) in [4.78, 5) is 22.8. The van der Waals surface area contributed by atoms with Crippen molar-refractivity contribution in [2.24, 2.45) is 5.10 Å². The summed E-state index contributed by atoms with van der Waals surface area (Å²) in [6.45, 7) is -0.364. The Kier molecular flexibility index (Phi) is 7.45. The maximum Gasteiger partial charge on any atom is 0.343 e. The molecule has 8 heteroatoms. The minimum Gasteiger partial charge on any atom is -0.484 e. The number of halogens is 1. The van der Waals surface area contributed by atoms with E-state index >= 15 is 0 Å². The molecule has 0 radical (unpaired) electrons. The first kappa shape index (κ1) is 19.3. The van der Waals surface area contributed by atoms with Crippen molar-refractivity contribution in [2.45, 2.75) is 0 Å². The summed E-state index contributed by atoms with van der Waals surface area (Å²) in [6.07, 6.45) is 1.45. The molecule has 0 aromatic heterocycles. The third-order valence-electron chi connectivity index (χ3n) is 3.03. The minimum atomic E-state index is -0.475. The zero-order valence-electron chi connectivity index (χ0n) is 14.0. The van der Waals surface area contributed by atoms with Gasteiger partial charge in [0.25, 0.3) is 5.91 Å². The number of nitrogens with one attached hydrogen (secondary N) is 1. The van der Waals surface area contributed by atoms with Gasteiger partial charge in [0.15, 0.2) is 13.2 Å². The van der Waals surface area contributed by atoms with Crippen molar-refractivity contribution in [2.75, 3.05) is 20.3 Å². The van der Waals surface area contributed by atoms with Crippen LogP contribution in [0, 0.1) is 0 Å². The normalized spacial score (nSPS) is 10.4. The summed E-state index contributed by atoms with van der Waals surface area (Å²) in [5, 5.41) is 4.43. The van der Waals surface area contributed by atoms with E-state index in [-0.39, 0.29) is 13.2 Å². The van der Waals surface area contributed by atoms with Crippen molar-refractivity contribution < 1.29 is 23.8 Å². The number of nitrogens with zero attached hydrogens (tertiary/aromatic N) is 1. The van der Waals surface area contributed by atoms with E-state index < -0.39 is 11.9 Å².